The minimum atomic E-state index is 0.110. The molecule has 1 atom stereocenters. The van der Waals surface area contributed by atoms with Crippen molar-refractivity contribution in [2.24, 2.45) is 5.73 Å². The van der Waals surface area contributed by atoms with Gasteiger partial charge in [-0.15, -0.1) is 0 Å². The van der Waals surface area contributed by atoms with Crippen LogP contribution in [-0.2, 0) is 9.53 Å². The lowest BCUT2D eigenvalue weighted by atomic mass is 10.1. The van der Waals surface area contributed by atoms with E-state index in [1.807, 2.05) is 0 Å². The van der Waals surface area contributed by atoms with Gasteiger partial charge in [-0.2, -0.15) is 0 Å². The van der Waals surface area contributed by atoms with Crippen LogP contribution in [0, 0.1) is 0 Å². The fourth-order valence-corrected chi connectivity index (χ4v) is 1.74. The quantitative estimate of drug-likeness (QED) is 0.643. The van der Waals surface area contributed by atoms with Crippen molar-refractivity contribution in [2.45, 2.75) is 44.6 Å². The van der Waals surface area contributed by atoms with Crippen molar-refractivity contribution >= 4 is 5.91 Å². The third kappa shape index (κ3) is 5.74. The third-order valence-corrected chi connectivity index (χ3v) is 2.64. The molecule has 1 fully saturated rings. The number of nitrogens with two attached hydrogens (primary N) is 1. The molecule has 1 amide bonds. The molecule has 0 aromatic heterocycles. The molecule has 0 aromatic carbocycles. The number of ether oxygens (including phenoxy) is 1. The Labute approximate surface area is 91.5 Å². The molecule has 3 N–H and O–H groups in total. The number of amides is 1. The number of hydrogen-bond donors (Lipinski definition) is 2. The second-order valence-corrected chi connectivity index (χ2v) is 4.04. The molecule has 1 unspecified atom stereocenters. The average molecular weight is 214 g/mol. The van der Waals surface area contributed by atoms with Crippen LogP contribution >= 0.6 is 0 Å². The van der Waals surface area contributed by atoms with Gasteiger partial charge < -0.3 is 15.8 Å². The zero-order valence-corrected chi connectivity index (χ0v) is 9.34. The molecule has 88 valence electrons. The smallest absolute Gasteiger partial charge is 0.222 e. The Morgan fingerprint density at radius 2 is 2.27 bits per heavy atom. The monoisotopic (exact) mass is 214 g/mol. The minimum Gasteiger partial charge on any atom is -0.378 e. The molecule has 1 rings (SSSR count). The van der Waals surface area contributed by atoms with Crippen molar-refractivity contribution in [3.63, 3.8) is 0 Å². The summed E-state index contributed by atoms with van der Waals surface area (Å²) in [5.41, 5.74) is 5.36. The van der Waals surface area contributed by atoms with E-state index < -0.39 is 0 Å². The Morgan fingerprint density at radius 1 is 1.40 bits per heavy atom. The van der Waals surface area contributed by atoms with Crippen LogP contribution in [0.5, 0.6) is 0 Å². The van der Waals surface area contributed by atoms with Gasteiger partial charge in [-0.3, -0.25) is 4.79 Å². The molecule has 0 bridgehead atoms. The van der Waals surface area contributed by atoms with E-state index in [4.69, 9.17) is 10.5 Å². The summed E-state index contributed by atoms with van der Waals surface area (Å²) in [5, 5.41) is 2.89. The van der Waals surface area contributed by atoms with Crippen LogP contribution in [0.25, 0.3) is 0 Å². The van der Waals surface area contributed by atoms with E-state index in [0.717, 1.165) is 38.8 Å². The zero-order valence-electron chi connectivity index (χ0n) is 9.34. The van der Waals surface area contributed by atoms with Crippen LogP contribution in [-0.4, -0.2) is 31.7 Å². The average Bonchev–Trinajstić information content (AvgIpc) is 2.26. The van der Waals surface area contributed by atoms with E-state index in [1.165, 1.54) is 6.42 Å². The summed E-state index contributed by atoms with van der Waals surface area (Å²) in [4.78, 5) is 11.5. The fourth-order valence-electron chi connectivity index (χ4n) is 1.74. The summed E-state index contributed by atoms with van der Waals surface area (Å²) >= 11 is 0. The lowest BCUT2D eigenvalue weighted by Crippen LogP contribution is -2.31. The molecule has 4 heteroatoms. The van der Waals surface area contributed by atoms with Gasteiger partial charge in [0.2, 0.25) is 5.91 Å². The van der Waals surface area contributed by atoms with Crippen molar-refractivity contribution < 1.29 is 9.53 Å². The molecule has 1 saturated heterocycles. The molecular weight excluding hydrogens is 192 g/mol. The highest BCUT2D eigenvalue weighted by Gasteiger charge is 2.16. The highest BCUT2D eigenvalue weighted by atomic mass is 16.5. The second kappa shape index (κ2) is 7.65. The van der Waals surface area contributed by atoms with E-state index in [9.17, 15) is 4.79 Å². The lowest BCUT2D eigenvalue weighted by molar-refractivity contribution is -0.124. The largest absolute Gasteiger partial charge is 0.378 e. The van der Waals surface area contributed by atoms with Crippen molar-refractivity contribution in [1.29, 1.82) is 0 Å². The third-order valence-electron chi connectivity index (χ3n) is 2.64. The van der Waals surface area contributed by atoms with Gasteiger partial charge in [0.05, 0.1) is 12.5 Å². The maximum absolute atomic E-state index is 11.5. The van der Waals surface area contributed by atoms with Crippen LogP contribution in [0.4, 0.5) is 0 Å². The first-order valence-electron chi connectivity index (χ1n) is 5.91. The van der Waals surface area contributed by atoms with Crippen LogP contribution in [0.2, 0.25) is 0 Å². The molecular formula is C11H22N2O2. The zero-order chi connectivity index (χ0) is 10.9. The van der Waals surface area contributed by atoms with Gasteiger partial charge in [0.25, 0.3) is 0 Å². The summed E-state index contributed by atoms with van der Waals surface area (Å²) in [5.74, 6) is 0.110. The fraction of sp³-hybridized carbons (Fsp3) is 0.909. The van der Waals surface area contributed by atoms with Crippen molar-refractivity contribution in [3.05, 3.63) is 0 Å². The van der Waals surface area contributed by atoms with Gasteiger partial charge in [0, 0.05) is 13.2 Å². The Morgan fingerprint density at radius 3 is 2.93 bits per heavy atom. The van der Waals surface area contributed by atoms with E-state index in [0.29, 0.717) is 13.0 Å². The van der Waals surface area contributed by atoms with Crippen molar-refractivity contribution in [2.75, 3.05) is 19.7 Å². The summed E-state index contributed by atoms with van der Waals surface area (Å²) in [6.45, 7) is 2.25. The van der Waals surface area contributed by atoms with E-state index in [2.05, 4.69) is 5.32 Å². The maximum Gasteiger partial charge on any atom is 0.222 e. The van der Waals surface area contributed by atoms with Gasteiger partial charge in [-0.05, 0) is 38.6 Å². The van der Waals surface area contributed by atoms with Crippen molar-refractivity contribution in [3.8, 4) is 0 Å². The number of hydrogen-bond acceptors (Lipinski definition) is 3. The minimum absolute atomic E-state index is 0.110. The Hall–Kier alpha value is -0.610. The molecule has 0 aliphatic carbocycles. The van der Waals surface area contributed by atoms with E-state index in [-0.39, 0.29) is 12.0 Å². The Bertz CT molecular complexity index is 179. The van der Waals surface area contributed by atoms with Crippen LogP contribution < -0.4 is 11.1 Å². The summed E-state index contributed by atoms with van der Waals surface area (Å²) in [7, 11) is 0. The maximum atomic E-state index is 11.5. The number of rotatable bonds is 6. The first-order valence-corrected chi connectivity index (χ1v) is 5.91. The van der Waals surface area contributed by atoms with Gasteiger partial charge in [-0.25, -0.2) is 0 Å². The molecule has 1 aliphatic heterocycles. The first kappa shape index (κ1) is 12.5. The number of nitrogens with one attached hydrogen (secondary N) is 1. The number of carbonyl (C=O) groups excluding carboxylic acids is 1. The van der Waals surface area contributed by atoms with Gasteiger partial charge in [0.1, 0.15) is 0 Å². The molecule has 0 radical (unpaired) electrons. The molecule has 0 aromatic rings. The molecule has 1 heterocycles. The highest BCUT2D eigenvalue weighted by molar-refractivity contribution is 5.76. The predicted octanol–water partition coefficient (Wildman–Crippen LogP) is 0.801. The molecule has 15 heavy (non-hydrogen) atoms. The molecule has 4 nitrogen and oxygen atoms in total. The molecule has 0 spiro atoms. The van der Waals surface area contributed by atoms with Crippen LogP contribution in [0.15, 0.2) is 0 Å². The summed E-state index contributed by atoms with van der Waals surface area (Å²) in [6.07, 6.45) is 5.94. The van der Waals surface area contributed by atoms with Gasteiger partial charge in [0.15, 0.2) is 0 Å². The topological polar surface area (TPSA) is 64.3 Å². The molecule has 1 aliphatic rings. The summed E-state index contributed by atoms with van der Waals surface area (Å²) in [6, 6.07) is 0. The van der Waals surface area contributed by atoms with Crippen LogP contribution in [0.1, 0.15) is 38.5 Å². The second-order valence-electron chi connectivity index (χ2n) is 4.04. The SMILES string of the molecule is NCCCCNC(=O)CC1CCCCO1. The summed E-state index contributed by atoms with van der Waals surface area (Å²) < 4.78 is 5.50. The first-order chi connectivity index (χ1) is 7.33. The lowest BCUT2D eigenvalue weighted by Gasteiger charge is -2.21. The highest BCUT2D eigenvalue weighted by Crippen LogP contribution is 2.15. The van der Waals surface area contributed by atoms with Crippen LogP contribution in [0.3, 0.4) is 0 Å². The normalized spacial score (nSPS) is 21.3. The van der Waals surface area contributed by atoms with E-state index >= 15 is 0 Å². The number of carbonyl (C=O) groups is 1. The van der Waals surface area contributed by atoms with E-state index in [1.54, 1.807) is 0 Å². The predicted molar refractivity (Wildman–Crippen MR) is 59.5 cm³/mol. The Kier molecular flexibility index (Phi) is 6.36. The van der Waals surface area contributed by atoms with Crippen molar-refractivity contribution in [1.82, 2.24) is 5.32 Å². The standard InChI is InChI=1S/C11H22N2O2/c12-6-2-3-7-13-11(14)9-10-5-1-4-8-15-10/h10H,1-9,12H2,(H,13,14). The Balaban J connectivity index is 2.01. The van der Waals surface area contributed by atoms with Gasteiger partial charge in [-0.1, -0.05) is 0 Å². The molecule has 0 saturated carbocycles. The number of unbranched alkanes of at least 4 members (excludes halogenated alkanes) is 1. The van der Waals surface area contributed by atoms with Gasteiger partial charge >= 0.3 is 0 Å².